The Hall–Kier alpha value is -2.67. The average molecular weight is 455 g/mol. The first kappa shape index (κ1) is 23.5. The van der Waals surface area contributed by atoms with Crippen LogP contribution in [0.4, 0.5) is 0 Å². The predicted octanol–water partition coefficient (Wildman–Crippen LogP) is 4.52. The van der Waals surface area contributed by atoms with Gasteiger partial charge in [0.2, 0.25) is 0 Å². The third-order valence-corrected chi connectivity index (χ3v) is 6.37. The Morgan fingerprint density at radius 1 is 1.21 bits per heavy atom. The highest BCUT2D eigenvalue weighted by Crippen LogP contribution is 2.48. The van der Waals surface area contributed by atoms with Crippen molar-refractivity contribution in [3.8, 4) is 17.1 Å². The zero-order chi connectivity index (χ0) is 23.8. The number of aromatic nitrogens is 2. The topological polar surface area (TPSA) is 79.7 Å². The van der Waals surface area contributed by atoms with Crippen molar-refractivity contribution in [3.63, 3.8) is 0 Å². The van der Waals surface area contributed by atoms with Gasteiger partial charge in [-0.15, -0.1) is 0 Å². The molecule has 0 N–H and O–H groups in total. The van der Waals surface area contributed by atoms with E-state index in [2.05, 4.69) is 31.4 Å². The number of fused-ring (bicyclic) bond motifs is 3. The van der Waals surface area contributed by atoms with Crippen LogP contribution in [0.1, 0.15) is 80.5 Å². The van der Waals surface area contributed by atoms with E-state index in [9.17, 15) is 9.59 Å². The highest BCUT2D eigenvalue weighted by atomic mass is 16.5. The van der Waals surface area contributed by atoms with Crippen LogP contribution in [-0.4, -0.2) is 42.5 Å². The minimum atomic E-state index is -0.581. The number of rotatable bonds is 8. The quantitative estimate of drug-likeness (QED) is 0.431. The number of carbonyl (C=O) groups is 1. The van der Waals surface area contributed by atoms with Gasteiger partial charge in [0, 0.05) is 44.4 Å². The number of hydrogen-bond acceptors (Lipinski definition) is 6. The summed E-state index contributed by atoms with van der Waals surface area (Å²) < 4.78 is 18.5. The van der Waals surface area contributed by atoms with Gasteiger partial charge in [0.15, 0.2) is 5.43 Å². The molecule has 7 heteroatoms. The summed E-state index contributed by atoms with van der Waals surface area (Å²) in [5.74, 6) is 0.661. The summed E-state index contributed by atoms with van der Waals surface area (Å²) in [5, 5.41) is 0. The van der Waals surface area contributed by atoms with E-state index < -0.39 is 5.97 Å². The van der Waals surface area contributed by atoms with E-state index in [0.29, 0.717) is 19.1 Å². The van der Waals surface area contributed by atoms with E-state index in [-0.39, 0.29) is 29.1 Å². The Kier molecular flexibility index (Phi) is 6.61. The zero-order valence-corrected chi connectivity index (χ0v) is 20.3. The molecule has 7 nitrogen and oxygen atoms in total. The van der Waals surface area contributed by atoms with Gasteiger partial charge >= 0.3 is 5.97 Å². The number of nitrogens with zero attached hydrogens (tertiary/aromatic N) is 2. The number of methoxy groups -OCH3 is 1. The second-order valence-electron chi connectivity index (χ2n) is 10.00. The predicted molar refractivity (Wildman–Crippen MR) is 126 cm³/mol. The molecular formula is C26H34N2O5. The standard InChI is InChI=1S/C26H34N2O5/c1-6-32-25(30)18-15-28-19(14-20(18)29)23-17(13-22(28)26(2,3)4)12-21(33-11-7-10-31-5)24(27-23)16-8-9-16/h12,14-16,22H,6-11,13H2,1-5H3/t22-/m0/s1. The van der Waals surface area contributed by atoms with E-state index in [1.165, 1.54) is 0 Å². The number of carbonyl (C=O) groups excluding carboxylic acids is 1. The van der Waals surface area contributed by atoms with Crippen molar-refractivity contribution in [2.45, 2.75) is 65.3 Å². The smallest absolute Gasteiger partial charge is 0.343 e. The molecule has 2 aliphatic rings. The highest BCUT2D eigenvalue weighted by Gasteiger charge is 2.37. The lowest BCUT2D eigenvalue weighted by Gasteiger charge is -2.38. The van der Waals surface area contributed by atoms with E-state index in [1.807, 2.05) is 0 Å². The Morgan fingerprint density at radius 2 is 1.97 bits per heavy atom. The minimum absolute atomic E-state index is 0.0451. The van der Waals surface area contributed by atoms with Crippen LogP contribution >= 0.6 is 0 Å². The van der Waals surface area contributed by atoms with E-state index in [0.717, 1.165) is 54.1 Å². The maximum atomic E-state index is 12.9. The molecule has 4 rings (SSSR count). The first-order valence-corrected chi connectivity index (χ1v) is 11.8. The Labute approximate surface area is 195 Å². The molecular weight excluding hydrogens is 420 g/mol. The number of pyridine rings is 2. The zero-order valence-electron chi connectivity index (χ0n) is 20.3. The van der Waals surface area contributed by atoms with E-state index >= 15 is 0 Å². The van der Waals surface area contributed by atoms with E-state index in [1.54, 1.807) is 26.3 Å². The number of hydrogen-bond donors (Lipinski definition) is 0. The highest BCUT2D eigenvalue weighted by molar-refractivity contribution is 5.89. The second-order valence-corrected chi connectivity index (χ2v) is 10.00. The largest absolute Gasteiger partial charge is 0.492 e. The van der Waals surface area contributed by atoms with Crippen molar-refractivity contribution in [3.05, 3.63) is 45.4 Å². The maximum absolute atomic E-state index is 12.9. The van der Waals surface area contributed by atoms with Gasteiger partial charge in [-0.1, -0.05) is 20.8 Å². The van der Waals surface area contributed by atoms with Gasteiger partial charge < -0.3 is 18.8 Å². The summed E-state index contributed by atoms with van der Waals surface area (Å²) >= 11 is 0. The molecule has 1 aliphatic carbocycles. The monoisotopic (exact) mass is 454 g/mol. The average Bonchev–Trinajstić information content (AvgIpc) is 3.60. The lowest BCUT2D eigenvalue weighted by atomic mass is 9.79. The van der Waals surface area contributed by atoms with Crippen molar-refractivity contribution in [1.29, 1.82) is 0 Å². The third kappa shape index (κ3) is 4.83. The van der Waals surface area contributed by atoms with Crippen LogP contribution in [0.2, 0.25) is 0 Å². The van der Waals surface area contributed by atoms with Crippen LogP contribution in [0.3, 0.4) is 0 Å². The third-order valence-electron chi connectivity index (χ3n) is 6.37. The van der Waals surface area contributed by atoms with Gasteiger partial charge in [0.05, 0.1) is 30.3 Å². The van der Waals surface area contributed by atoms with Crippen LogP contribution < -0.4 is 10.2 Å². The number of ether oxygens (including phenoxy) is 3. The molecule has 178 valence electrons. The summed E-state index contributed by atoms with van der Waals surface area (Å²) in [6, 6.07) is 3.71. The van der Waals surface area contributed by atoms with Gasteiger partial charge in [-0.05, 0) is 43.2 Å². The molecule has 0 unspecified atom stereocenters. The molecule has 0 amide bonds. The Bertz CT molecular complexity index is 1100. The Morgan fingerprint density at radius 3 is 2.61 bits per heavy atom. The van der Waals surface area contributed by atoms with Crippen LogP contribution in [0.5, 0.6) is 5.75 Å². The van der Waals surface area contributed by atoms with Crippen LogP contribution in [0.15, 0.2) is 23.1 Å². The fourth-order valence-corrected chi connectivity index (χ4v) is 4.46. The molecule has 33 heavy (non-hydrogen) atoms. The molecule has 1 saturated carbocycles. The molecule has 0 spiro atoms. The SMILES string of the molecule is CCOC(=O)c1cn2c(cc1=O)-c1nc(C3CC3)c(OCCCOC)cc1C[C@H]2C(C)(C)C. The van der Waals surface area contributed by atoms with Crippen LogP contribution in [-0.2, 0) is 15.9 Å². The number of esters is 1. The van der Waals surface area contributed by atoms with Gasteiger partial charge in [-0.25, -0.2) is 9.78 Å². The first-order chi connectivity index (χ1) is 15.7. The first-order valence-electron chi connectivity index (χ1n) is 11.8. The molecule has 2 aromatic rings. The van der Waals surface area contributed by atoms with Crippen molar-refractivity contribution >= 4 is 5.97 Å². The summed E-state index contributed by atoms with van der Waals surface area (Å²) in [4.78, 5) is 30.4. The summed E-state index contributed by atoms with van der Waals surface area (Å²) in [6.45, 7) is 9.71. The molecule has 2 aromatic heterocycles. The van der Waals surface area contributed by atoms with Crippen LogP contribution in [0, 0.1) is 5.41 Å². The van der Waals surface area contributed by atoms with Crippen molar-refractivity contribution < 1.29 is 19.0 Å². The molecule has 0 bridgehead atoms. The van der Waals surface area contributed by atoms with Crippen molar-refractivity contribution in [2.75, 3.05) is 26.9 Å². The fraction of sp³-hybridized carbons (Fsp3) is 0.577. The molecule has 3 heterocycles. The van der Waals surface area contributed by atoms with Crippen molar-refractivity contribution in [1.82, 2.24) is 9.55 Å². The maximum Gasteiger partial charge on any atom is 0.343 e. The normalized spacial score (nSPS) is 17.3. The molecule has 1 atom stereocenters. The lowest BCUT2D eigenvalue weighted by Crippen LogP contribution is -2.33. The lowest BCUT2D eigenvalue weighted by molar-refractivity contribution is 0.0523. The van der Waals surface area contributed by atoms with E-state index in [4.69, 9.17) is 19.2 Å². The molecule has 1 aliphatic heterocycles. The Balaban J connectivity index is 1.82. The van der Waals surface area contributed by atoms with Gasteiger partial charge in [0.1, 0.15) is 11.3 Å². The summed E-state index contributed by atoms with van der Waals surface area (Å²) in [5.41, 5.74) is 3.23. The molecule has 0 radical (unpaired) electrons. The summed E-state index contributed by atoms with van der Waals surface area (Å²) in [6.07, 6.45) is 5.42. The van der Waals surface area contributed by atoms with Gasteiger partial charge in [0.25, 0.3) is 0 Å². The second kappa shape index (κ2) is 9.29. The van der Waals surface area contributed by atoms with Crippen LogP contribution in [0.25, 0.3) is 11.4 Å². The molecule has 0 aromatic carbocycles. The van der Waals surface area contributed by atoms with Crippen molar-refractivity contribution in [2.24, 2.45) is 5.41 Å². The van der Waals surface area contributed by atoms with Gasteiger partial charge in [-0.2, -0.15) is 0 Å². The molecule has 0 saturated heterocycles. The summed E-state index contributed by atoms with van der Waals surface area (Å²) in [7, 11) is 1.69. The van der Waals surface area contributed by atoms with Gasteiger partial charge in [-0.3, -0.25) is 4.79 Å². The fourth-order valence-electron chi connectivity index (χ4n) is 4.46. The molecule has 1 fully saturated rings. The minimum Gasteiger partial charge on any atom is -0.492 e.